The van der Waals surface area contributed by atoms with E-state index in [4.69, 9.17) is 4.74 Å². The van der Waals surface area contributed by atoms with E-state index in [9.17, 15) is 0 Å². The lowest BCUT2D eigenvalue weighted by molar-refractivity contribution is 0.0963. The quantitative estimate of drug-likeness (QED) is 0.691. The lowest BCUT2D eigenvalue weighted by Gasteiger charge is -2.11. The van der Waals surface area contributed by atoms with Crippen LogP contribution >= 0.6 is 0 Å². The first-order valence-corrected chi connectivity index (χ1v) is 5.96. The average Bonchev–Trinajstić information content (AvgIpc) is 3.03. The third-order valence-electron chi connectivity index (χ3n) is 2.88. The van der Waals surface area contributed by atoms with Crippen LogP contribution in [-0.2, 0) is 11.2 Å². The van der Waals surface area contributed by atoms with Gasteiger partial charge in [-0.25, -0.2) is 0 Å². The highest BCUT2D eigenvalue weighted by Gasteiger charge is 2.21. The van der Waals surface area contributed by atoms with Gasteiger partial charge in [0.2, 0.25) is 0 Å². The summed E-state index contributed by atoms with van der Waals surface area (Å²) < 4.78 is 5.69. The van der Waals surface area contributed by atoms with E-state index < -0.39 is 0 Å². The number of benzene rings is 1. The van der Waals surface area contributed by atoms with Crippen LogP contribution in [-0.4, -0.2) is 13.2 Å². The van der Waals surface area contributed by atoms with Crippen molar-refractivity contribution in [3.63, 3.8) is 0 Å². The monoisotopic (exact) mass is 204 g/mol. The first-order chi connectivity index (χ1) is 7.34. The summed E-state index contributed by atoms with van der Waals surface area (Å²) in [6, 6.07) is 10.7. The fourth-order valence-corrected chi connectivity index (χ4v) is 1.80. The van der Waals surface area contributed by atoms with Crippen LogP contribution in [0.4, 0.5) is 0 Å². The predicted octanol–water partition coefficient (Wildman–Crippen LogP) is 3.29. The highest BCUT2D eigenvalue weighted by Crippen LogP contribution is 2.28. The third-order valence-corrected chi connectivity index (χ3v) is 2.88. The Bertz CT molecular complexity index is 277. The maximum absolute atomic E-state index is 5.69. The molecule has 1 atom stereocenters. The number of rotatable bonds is 6. The van der Waals surface area contributed by atoms with Gasteiger partial charge in [-0.05, 0) is 36.7 Å². The minimum atomic E-state index is 0.631. The lowest BCUT2D eigenvalue weighted by Crippen LogP contribution is -2.10. The second-order valence-corrected chi connectivity index (χ2v) is 4.78. The lowest BCUT2D eigenvalue weighted by atomic mass is 10.0. The van der Waals surface area contributed by atoms with Crippen molar-refractivity contribution in [2.45, 2.75) is 26.2 Å². The molecule has 1 aromatic rings. The SMILES string of the molecule is C[C@H](COCC1CC1)Cc1ccccc1. The summed E-state index contributed by atoms with van der Waals surface area (Å²) in [5.41, 5.74) is 1.42. The molecular formula is C14H20O. The standard InChI is InChI=1S/C14H20O/c1-12(10-15-11-14-7-8-14)9-13-5-3-2-4-6-13/h2-6,12,14H,7-11H2,1H3/t12-/m0/s1. The van der Waals surface area contributed by atoms with Gasteiger partial charge in [-0.15, -0.1) is 0 Å². The zero-order chi connectivity index (χ0) is 10.5. The number of hydrogen-bond acceptors (Lipinski definition) is 1. The highest BCUT2D eigenvalue weighted by atomic mass is 16.5. The van der Waals surface area contributed by atoms with Gasteiger partial charge in [0.1, 0.15) is 0 Å². The Morgan fingerprint density at radius 2 is 2.00 bits per heavy atom. The maximum Gasteiger partial charge on any atom is 0.0494 e. The minimum Gasteiger partial charge on any atom is -0.381 e. The molecule has 0 amide bonds. The molecule has 0 saturated heterocycles. The number of hydrogen-bond donors (Lipinski definition) is 0. The maximum atomic E-state index is 5.69. The van der Waals surface area contributed by atoms with Gasteiger partial charge < -0.3 is 4.74 Å². The van der Waals surface area contributed by atoms with E-state index in [-0.39, 0.29) is 0 Å². The fraction of sp³-hybridized carbons (Fsp3) is 0.571. The van der Waals surface area contributed by atoms with Crippen molar-refractivity contribution in [1.29, 1.82) is 0 Å². The van der Waals surface area contributed by atoms with Crippen molar-refractivity contribution in [2.24, 2.45) is 11.8 Å². The molecule has 0 heterocycles. The molecule has 1 aromatic carbocycles. The largest absolute Gasteiger partial charge is 0.381 e. The van der Waals surface area contributed by atoms with Crippen molar-refractivity contribution >= 4 is 0 Å². The topological polar surface area (TPSA) is 9.23 Å². The van der Waals surface area contributed by atoms with E-state index in [0.717, 1.165) is 25.6 Å². The van der Waals surface area contributed by atoms with Crippen LogP contribution in [0.25, 0.3) is 0 Å². The molecule has 0 radical (unpaired) electrons. The normalized spacial score (nSPS) is 17.7. The van der Waals surface area contributed by atoms with Gasteiger partial charge in [-0.1, -0.05) is 37.3 Å². The van der Waals surface area contributed by atoms with E-state index in [0.29, 0.717) is 5.92 Å². The summed E-state index contributed by atoms with van der Waals surface area (Å²) in [5, 5.41) is 0. The van der Waals surface area contributed by atoms with E-state index >= 15 is 0 Å². The molecule has 1 heteroatoms. The van der Waals surface area contributed by atoms with Gasteiger partial charge in [-0.2, -0.15) is 0 Å². The average molecular weight is 204 g/mol. The van der Waals surface area contributed by atoms with Crippen LogP contribution < -0.4 is 0 Å². The first kappa shape index (κ1) is 10.7. The van der Waals surface area contributed by atoms with Crippen molar-refractivity contribution in [3.8, 4) is 0 Å². The van der Waals surface area contributed by atoms with Crippen LogP contribution in [0.5, 0.6) is 0 Å². The summed E-state index contributed by atoms with van der Waals surface area (Å²) in [4.78, 5) is 0. The smallest absolute Gasteiger partial charge is 0.0494 e. The van der Waals surface area contributed by atoms with Crippen LogP contribution in [0, 0.1) is 11.8 Å². The minimum absolute atomic E-state index is 0.631. The molecule has 1 saturated carbocycles. The molecule has 0 unspecified atom stereocenters. The van der Waals surface area contributed by atoms with Gasteiger partial charge in [0, 0.05) is 13.2 Å². The van der Waals surface area contributed by atoms with Crippen LogP contribution in [0.2, 0.25) is 0 Å². The summed E-state index contributed by atoms with van der Waals surface area (Å²) in [7, 11) is 0. The molecular weight excluding hydrogens is 184 g/mol. The molecule has 1 aliphatic rings. The van der Waals surface area contributed by atoms with Gasteiger partial charge in [0.05, 0.1) is 0 Å². The molecule has 0 bridgehead atoms. The molecule has 2 rings (SSSR count). The van der Waals surface area contributed by atoms with Gasteiger partial charge in [0.15, 0.2) is 0 Å². The van der Waals surface area contributed by atoms with E-state index in [1.165, 1.54) is 18.4 Å². The zero-order valence-electron chi connectivity index (χ0n) is 9.49. The van der Waals surface area contributed by atoms with E-state index in [1.807, 2.05) is 0 Å². The molecule has 15 heavy (non-hydrogen) atoms. The Labute approximate surface area is 92.5 Å². The second kappa shape index (κ2) is 5.32. The molecule has 0 aromatic heterocycles. The Kier molecular flexibility index (Phi) is 3.79. The van der Waals surface area contributed by atoms with Crippen LogP contribution in [0.15, 0.2) is 30.3 Å². The summed E-state index contributed by atoms with van der Waals surface area (Å²) in [6.07, 6.45) is 3.89. The Morgan fingerprint density at radius 3 is 2.67 bits per heavy atom. The molecule has 82 valence electrons. The van der Waals surface area contributed by atoms with Gasteiger partial charge >= 0.3 is 0 Å². The predicted molar refractivity (Wildman–Crippen MR) is 62.9 cm³/mol. The van der Waals surface area contributed by atoms with Crippen molar-refractivity contribution < 1.29 is 4.74 Å². The van der Waals surface area contributed by atoms with Crippen LogP contribution in [0.1, 0.15) is 25.3 Å². The summed E-state index contributed by atoms with van der Waals surface area (Å²) in [5.74, 6) is 1.51. The Balaban J connectivity index is 1.65. The number of ether oxygens (including phenoxy) is 1. The molecule has 1 aliphatic carbocycles. The van der Waals surface area contributed by atoms with Gasteiger partial charge in [-0.3, -0.25) is 0 Å². The molecule has 1 nitrogen and oxygen atoms in total. The Hall–Kier alpha value is -0.820. The first-order valence-electron chi connectivity index (χ1n) is 5.96. The fourth-order valence-electron chi connectivity index (χ4n) is 1.80. The summed E-state index contributed by atoms with van der Waals surface area (Å²) >= 11 is 0. The summed E-state index contributed by atoms with van der Waals surface area (Å²) in [6.45, 7) is 4.16. The van der Waals surface area contributed by atoms with Crippen molar-refractivity contribution in [1.82, 2.24) is 0 Å². The molecule has 0 aliphatic heterocycles. The van der Waals surface area contributed by atoms with Gasteiger partial charge in [0.25, 0.3) is 0 Å². The molecule has 0 N–H and O–H groups in total. The Morgan fingerprint density at radius 1 is 1.27 bits per heavy atom. The molecule has 1 fully saturated rings. The van der Waals surface area contributed by atoms with E-state index in [1.54, 1.807) is 0 Å². The second-order valence-electron chi connectivity index (χ2n) is 4.78. The highest BCUT2D eigenvalue weighted by molar-refractivity contribution is 5.14. The van der Waals surface area contributed by atoms with Crippen LogP contribution in [0.3, 0.4) is 0 Å². The van der Waals surface area contributed by atoms with Crippen molar-refractivity contribution in [3.05, 3.63) is 35.9 Å². The third kappa shape index (κ3) is 4.05. The zero-order valence-corrected chi connectivity index (χ0v) is 9.49. The van der Waals surface area contributed by atoms with E-state index in [2.05, 4.69) is 37.3 Å². The molecule has 0 spiro atoms. The van der Waals surface area contributed by atoms with Crippen molar-refractivity contribution in [2.75, 3.05) is 13.2 Å².